The van der Waals surface area contributed by atoms with Gasteiger partial charge >= 0.3 is 6.03 Å². The van der Waals surface area contributed by atoms with E-state index in [1.807, 2.05) is 62.4 Å². The topological polar surface area (TPSA) is 52.7 Å². The molecule has 1 N–H and O–H groups in total. The smallest absolute Gasteiger partial charge is 0.325 e. The van der Waals surface area contributed by atoms with Crippen molar-refractivity contribution >= 4 is 23.3 Å². The summed E-state index contributed by atoms with van der Waals surface area (Å²) >= 11 is 0. The summed E-state index contributed by atoms with van der Waals surface area (Å²) in [5, 5.41) is 2.86. The van der Waals surface area contributed by atoms with Crippen LogP contribution in [0.2, 0.25) is 0 Å². The molecule has 5 heteroatoms. The molecule has 1 saturated heterocycles. The molecule has 2 aromatic carbocycles. The Kier molecular flexibility index (Phi) is 4.51. The number of hydrogen-bond donors (Lipinski definition) is 1. The van der Waals surface area contributed by atoms with Crippen LogP contribution in [0.1, 0.15) is 11.1 Å². The fraction of sp³-hybridized carbons (Fsp3) is 0.263. The van der Waals surface area contributed by atoms with Crippen molar-refractivity contribution in [1.82, 2.24) is 4.90 Å². The Balaban J connectivity index is 1.61. The van der Waals surface area contributed by atoms with Crippen molar-refractivity contribution in [2.75, 3.05) is 29.9 Å². The van der Waals surface area contributed by atoms with Gasteiger partial charge in [-0.05, 0) is 49.2 Å². The lowest BCUT2D eigenvalue weighted by Crippen LogP contribution is -2.37. The molecule has 1 heterocycles. The minimum absolute atomic E-state index is 0.0646. The van der Waals surface area contributed by atoms with E-state index < -0.39 is 0 Å². The Hall–Kier alpha value is -2.82. The molecule has 3 rings (SSSR count). The maximum absolute atomic E-state index is 12.5. The molecule has 0 radical (unpaired) electrons. The van der Waals surface area contributed by atoms with Gasteiger partial charge in [0, 0.05) is 24.5 Å². The molecule has 3 amide bonds. The first kappa shape index (κ1) is 16.1. The molecule has 24 heavy (non-hydrogen) atoms. The summed E-state index contributed by atoms with van der Waals surface area (Å²) in [6, 6.07) is 15.2. The van der Waals surface area contributed by atoms with E-state index in [1.54, 1.807) is 9.80 Å². The molecule has 1 aliphatic heterocycles. The third-order valence-electron chi connectivity index (χ3n) is 4.29. The summed E-state index contributed by atoms with van der Waals surface area (Å²) < 4.78 is 0. The van der Waals surface area contributed by atoms with E-state index in [1.165, 1.54) is 5.56 Å². The van der Waals surface area contributed by atoms with Crippen molar-refractivity contribution in [1.29, 1.82) is 0 Å². The monoisotopic (exact) mass is 323 g/mol. The Morgan fingerprint density at radius 1 is 1.04 bits per heavy atom. The predicted octanol–water partition coefficient (Wildman–Crippen LogP) is 3.18. The minimum atomic E-state index is -0.179. The molecule has 0 atom stereocenters. The number of nitrogens with one attached hydrogen (secondary N) is 1. The maximum Gasteiger partial charge on any atom is 0.325 e. The average molecular weight is 323 g/mol. The zero-order chi connectivity index (χ0) is 17.1. The Morgan fingerprint density at radius 3 is 2.50 bits per heavy atom. The van der Waals surface area contributed by atoms with Crippen molar-refractivity contribution in [3.63, 3.8) is 0 Å². The van der Waals surface area contributed by atoms with Crippen LogP contribution in [0.25, 0.3) is 0 Å². The number of hydrogen-bond acceptors (Lipinski definition) is 2. The van der Waals surface area contributed by atoms with E-state index in [9.17, 15) is 9.59 Å². The van der Waals surface area contributed by atoms with Gasteiger partial charge in [0.25, 0.3) is 0 Å². The highest BCUT2D eigenvalue weighted by atomic mass is 16.2. The number of rotatable bonds is 4. The largest absolute Gasteiger partial charge is 0.325 e. The molecule has 1 aliphatic rings. The Morgan fingerprint density at radius 2 is 1.79 bits per heavy atom. The Labute approximate surface area is 141 Å². The molecule has 5 nitrogen and oxygen atoms in total. The standard InChI is InChI=1S/C19H21N3O2/c1-14-8-9-16(12-15(14)2)20-18(23)13-21-10-11-22(19(21)24)17-6-4-3-5-7-17/h3-9,12H,10-11,13H2,1-2H3,(H,20,23). The highest BCUT2D eigenvalue weighted by Gasteiger charge is 2.30. The van der Waals surface area contributed by atoms with E-state index in [0.717, 1.165) is 16.9 Å². The van der Waals surface area contributed by atoms with Gasteiger partial charge in [0.2, 0.25) is 5.91 Å². The summed E-state index contributed by atoms with van der Waals surface area (Å²) in [5.74, 6) is -0.179. The van der Waals surface area contributed by atoms with Gasteiger partial charge in [-0.3, -0.25) is 9.69 Å². The van der Waals surface area contributed by atoms with Gasteiger partial charge in [0.15, 0.2) is 0 Å². The number of urea groups is 1. The molecule has 1 fully saturated rings. The number of para-hydroxylation sites is 1. The molecule has 0 aliphatic carbocycles. The van der Waals surface area contributed by atoms with Crippen LogP contribution in [0.5, 0.6) is 0 Å². The summed E-state index contributed by atoms with van der Waals surface area (Å²) in [5.41, 5.74) is 3.93. The Bertz CT molecular complexity index is 758. The first-order chi connectivity index (χ1) is 11.5. The first-order valence-corrected chi connectivity index (χ1v) is 8.03. The highest BCUT2D eigenvalue weighted by molar-refractivity contribution is 5.99. The lowest BCUT2D eigenvalue weighted by molar-refractivity contribution is -0.116. The summed E-state index contributed by atoms with van der Waals surface area (Å²) in [7, 11) is 0. The lowest BCUT2D eigenvalue weighted by Gasteiger charge is -2.18. The predicted molar refractivity (Wildman–Crippen MR) is 95.3 cm³/mol. The van der Waals surface area contributed by atoms with E-state index in [4.69, 9.17) is 0 Å². The fourth-order valence-electron chi connectivity index (χ4n) is 2.77. The SMILES string of the molecule is Cc1ccc(NC(=O)CN2CCN(c3ccccc3)C2=O)cc1C. The summed E-state index contributed by atoms with van der Waals surface area (Å²) in [6.45, 7) is 5.25. The molecule has 2 aromatic rings. The molecular formula is C19H21N3O2. The van der Waals surface area contributed by atoms with E-state index in [-0.39, 0.29) is 18.5 Å². The summed E-state index contributed by atoms with van der Waals surface area (Å²) in [4.78, 5) is 28.0. The fourth-order valence-corrected chi connectivity index (χ4v) is 2.77. The molecule has 0 saturated carbocycles. The molecular weight excluding hydrogens is 302 g/mol. The van der Waals surface area contributed by atoms with Crippen LogP contribution >= 0.6 is 0 Å². The number of aryl methyl sites for hydroxylation is 2. The molecule has 0 spiro atoms. The number of anilines is 2. The highest BCUT2D eigenvalue weighted by Crippen LogP contribution is 2.20. The van der Waals surface area contributed by atoms with Crippen molar-refractivity contribution in [3.05, 3.63) is 59.7 Å². The van der Waals surface area contributed by atoms with Crippen LogP contribution in [0, 0.1) is 13.8 Å². The van der Waals surface area contributed by atoms with Gasteiger partial charge in [-0.2, -0.15) is 0 Å². The van der Waals surface area contributed by atoms with Gasteiger partial charge in [-0.15, -0.1) is 0 Å². The molecule has 0 bridgehead atoms. The van der Waals surface area contributed by atoms with Gasteiger partial charge in [0.05, 0.1) is 0 Å². The van der Waals surface area contributed by atoms with Crippen molar-refractivity contribution in [2.24, 2.45) is 0 Å². The van der Waals surface area contributed by atoms with Crippen molar-refractivity contribution < 1.29 is 9.59 Å². The zero-order valence-electron chi connectivity index (χ0n) is 14.0. The number of carbonyl (C=O) groups excluding carboxylic acids is 2. The number of amides is 3. The molecule has 0 aromatic heterocycles. The summed E-state index contributed by atoms with van der Waals surface area (Å²) in [6.07, 6.45) is 0. The van der Waals surface area contributed by atoms with Gasteiger partial charge in [-0.25, -0.2) is 4.79 Å². The maximum atomic E-state index is 12.5. The van der Waals surface area contributed by atoms with Crippen LogP contribution in [-0.2, 0) is 4.79 Å². The quantitative estimate of drug-likeness (QED) is 0.939. The molecule has 0 unspecified atom stereocenters. The van der Waals surface area contributed by atoms with Crippen molar-refractivity contribution in [2.45, 2.75) is 13.8 Å². The van der Waals surface area contributed by atoms with Crippen LogP contribution in [0.15, 0.2) is 48.5 Å². The minimum Gasteiger partial charge on any atom is -0.325 e. The first-order valence-electron chi connectivity index (χ1n) is 8.03. The second kappa shape index (κ2) is 6.74. The van der Waals surface area contributed by atoms with Gasteiger partial charge in [-0.1, -0.05) is 24.3 Å². The second-order valence-corrected chi connectivity index (χ2v) is 6.04. The molecule has 124 valence electrons. The number of nitrogens with zero attached hydrogens (tertiary/aromatic N) is 2. The van der Waals surface area contributed by atoms with E-state index in [2.05, 4.69) is 5.32 Å². The third-order valence-corrected chi connectivity index (χ3v) is 4.29. The van der Waals surface area contributed by atoms with Crippen LogP contribution in [0.4, 0.5) is 16.2 Å². The zero-order valence-corrected chi connectivity index (χ0v) is 14.0. The van der Waals surface area contributed by atoms with E-state index >= 15 is 0 Å². The second-order valence-electron chi connectivity index (χ2n) is 6.04. The third kappa shape index (κ3) is 3.40. The van der Waals surface area contributed by atoms with Gasteiger partial charge < -0.3 is 10.2 Å². The number of benzene rings is 2. The average Bonchev–Trinajstić information content (AvgIpc) is 2.92. The van der Waals surface area contributed by atoms with Crippen molar-refractivity contribution in [3.8, 4) is 0 Å². The van der Waals surface area contributed by atoms with Gasteiger partial charge in [0.1, 0.15) is 6.54 Å². The van der Waals surface area contributed by atoms with Crippen LogP contribution in [0.3, 0.4) is 0 Å². The van der Waals surface area contributed by atoms with Crippen LogP contribution in [-0.4, -0.2) is 36.5 Å². The van der Waals surface area contributed by atoms with E-state index in [0.29, 0.717) is 13.1 Å². The number of carbonyl (C=O) groups is 2. The lowest BCUT2D eigenvalue weighted by atomic mass is 10.1. The normalized spacial score (nSPS) is 14.2. The van der Waals surface area contributed by atoms with Crippen LogP contribution < -0.4 is 10.2 Å².